The zero-order valence-electron chi connectivity index (χ0n) is 21.0. The van der Waals surface area contributed by atoms with E-state index in [0.29, 0.717) is 35.7 Å². The molecule has 0 unspecified atom stereocenters. The van der Waals surface area contributed by atoms with Crippen LogP contribution in [0.1, 0.15) is 76.8 Å². The Morgan fingerprint density at radius 2 is 1.89 bits per heavy atom. The second kappa shape index (κ2) is 8.48. The van der Waals surface area contributed by atoms with Gasteiger partial charge in [-0.15, -0.1) is 5.10 Å². The first-order chi connectivity index (χ1) is 18.4. The maximum absolute atomic E-state index is 15.2. The molecule has 0 bridgehead atoms. The van der Waals surface area contributed by atoms with E-state index in [9.17, 15) is 14.7 Å². The van der Waals surface area contributed by atoms with Crippen molar-refractivity contribution in [2.24, 2.45) is 5.92 Å². The molecule has 8 heteroatoms. The highest BCUT2D eigenvalue weighted by molar-refractivity contribution is 5.96. The SMILES string of the molecule is C[C@@H]1c2ccccc2CCN1C(=O)c1cc(C2CC2)n2nc(-c3ccc([C@H]4C[C@H]4C(=O)O)cc3F)nc2c1. The number of hydrogen-bond donors (Lipinski definition) is 1. The molecule has 1 N–H and O–H groups in total. The summed E-state index contributed by atoms with van der Waals surface area (Å²) in [7, 11) is 0. The average Bonchev–Trinajstić information content (AvgIpc) is 3.84. The van der Waals surface area contributed by atoms with Crippen molar-refractivity contribution in [2.45, 2.75) is 50.5 Å². The molecule has 2 saturated carbocycles. The lowest BCUT2D eigenvalue weighted by molar-refractivity contribution is -0.138. The van der Waals surface area contributed by atoms with Gasteiger partial charge in [0, 0.05) is 23.7 Å². The fourth-order valence-electron chi connectivity index (χ4n) is 5.91. The van der Waals surface area contributed by atoms with Crippen LogP contribution in [0, 0.1) is 11.7 Å². The molecule has 192 valence electrons. The lowest BCUT2D eigenvalue weighted by Gasteiger charge is -2.35. The Morgan fingerprint density at radius 3 is 2.63 bits per heavy atom. The van der Waals surface area contributed by atoms with Crippen molar-refractivity contribution in [3.8, 4) is 11.4 Å². The summed E-state index contributed by atoms with van der Waals surface area (Å²) < 4.78 is 16.9. The number of hydrogen-bond acceptors (Lipinski definition) is 4. The Hall–Kier alpha value is -4.07. The number of aromatic nitrogens is 3. The highest BCUT2D eigenvalue weighted by Crippen LogP contribution is 2.48. The largest absolute Gasteiger partial charge is 0.481 e. The van der Waals surface area contributed by atoms with E-state index in [0.717, 1.165) is 25.0 Å². The van der Waals surface area contributed by atoms with E-state index in [1.807, 2.05) is 23.1 Å². The average molecular weight is 511 g/mol. The predicted molar refractivity (Wildman–Crippen MR) is 138 cm³/mol. The number of rotatable bonds is 5. The molecular formula is C30H27FN4O3. The van der Waals surface area contributed by atoms with Crippen LogP contribution in [-0.2, 0) is 11.2 Å². The van der Waals surface area contributed by atoms with Crippen molar-refractivity contribution in [1.82, 2.24) is 19.5 Å². The molecule has 1 aliphatic heterocycles. The van der Waals surface area contributed by atoms with Crippen LogP contribution in [0.15, 0.2) is 54.6 Å². The maximum atomic E-state index is 15.2. The molecule has 0 saturated heterocycles. The summed E-state index contributed by atoms with van der Waals surface area (Å²) in [6, 6.07) is 16.7. The monoisotopic (exact) mass is 510 g/mol. The van der Waals surface area contributed by atoms with E-state index in [1.165, 1.54) is 17.2 Å². The summed E-state index contributed by atoms with van der Waals surface area (Å²) in [6.07, 6.45) is 3.39. The van der Waals surface area contributed by atoms with Crippen LogP contribution in [0.4, 0.5) is 4.39 Å². The molecule has 38 heavy (non-hydrogen) atoms. The molecule has 4 aromatic rings. The third-order valence-corrected chi connectivity index (χ3v) is 8.33. The first-order valence-electron chi connectivity index (χ1n) is 13.2. The third kappa shape index (κ3) is 3.78. The van der Waals surface area contributed by atoms with Gasteiger partial charge in [0.15, 0.2) is 11.5 Å². The molecule has 2 fully saturated rings. The Kier molecular flexibility index (Phi) is 5.15. The van der Waals surface area contributed by atoms with Gasteiger partial charge in [-0.1, -0.05) is 30.3 Å². The highest BCUT2D eigenvalue weighted by Gasteiger charge is 2.44. The Labute approximate surface area is 218 Å². The van der Waals surface area contributed by atoms with Crippen LogP contribution in [-0.4, -0.2) is 43.0 Å². The van der Waals surface area contributed by atoms with Crippen LogP contribution in [0.3, 0.4) is 0 Å². The number of pyridine rings is 1. The molecule has 0 spiro atoms. The van der Waals surface area contributed by atoms with E-state index in [-0.39, 0.29) is 29.3 Å². The Bertz CT molecular complexity index is 1630. The molecular weight excluding hydrogens is 483 g/mol. The topological polar surface area (TPSA) is 87.8 Å². The van der Waals surface area contributed by atoms with Gasteiger partial charge in [-0.2, -0.15) is 0 Å². The van der Waals surface area contributed by atoms with Crippen molar-refractivity contribution < 1.29 is 19.1 Å². The van der Waals surface area contributed by atoms with Crippen molar-refractivity contribution in [2.75, 3.05) is 6.54 Å². The number of benzene rings is 2. The summed E-state index contributed by atoms with van der Waals surface area (Å²) in [5.41, 5.74) is 5.44. The third-order valence-electron chi connectivity index (χ3n) is 8.33. The van der Waals surface area contributed by atoms with E-state index in [1.54, 1.807) is 22.7 Å². The zero-order chi connectivity index (χ0) is 26.1. The molecule has 2 aromatic carbocycles. The number of carbonyl (C=O) groups excluding carboxylic acids is 1. The number of carboxylic acids is 1. The van der Waals surface area contributed by atoms with Crippen molar-refractivity contribution in [1.29, 1.82) is 0 Å². The van der Waals surface area contributed by atoms with Gasteiger partial charge in [0.1, 0.15) is 5.82 Å². The van der Waals surface area contributed by atoms with E-state index >= 15 is 4.39 Å². The number of carboxylic acid groups (broad SMARTS) is 1. The molecule has 7 rings (SSSR count). The number of aliphatic carboxylic acids is 1. The summed E-state index contributed by atoms with van der Waals surface area (Å²) >= 11 is 0. The predicted octanol–water partition coefficient (Wildman–Crippen LogP) is 5.36. The standard InChI is InChI=1S/C30H27FN4O3/c1-16-21-5-3-2-4-17(21)10-11-34(16)29(36)20-13-26(18-6-7-18)35-27(14-20)32-28(33-35)22-9-8-19(12-25(22)31)23-15-24(23)30(37)38/h2-5,8-9,12-14,16,18,23-24H,6-7,10-11,15H2,1H3,(H,37,38)/t16-,23-,24-/m1/s1. The van der Waals surface area contributed by atoms with E-state index < -0.39 is 17.7 Å². The van der Waals surface area contributed by atoms with E-state index in [4.69, 9.17) is 0 Å². The molecule has 3 atom stereocenters. The quantitative estimate of drug-likeness (QED) is 0.391. The fraction of sp³-hybridized carbons (Fsp3) is 0.333. The molecule has 2 aliphatic carbocycles. The molecule has 2 aromatic heterocycles. The van der Waals surface area contributed by atoms with Crippen LogP contribution in [0.25, 0.3) is 17.0 Å². The van der Waals surface area contributed by atoms with Gasteiger partial charge in [0.2, 0.25) is 0 Å². The number of halogens is 1. The number of amides is 1. The summed E-state index contributed by atoms with van der Waals surface area (Å²) in [4.78, 5) is 31.5. The van der Waals surface area contributed by atoms with Crippen molar-refractivity contribution >= 4 is 17.5 Å². The molecule has 1 amide bonds. The van der Waals surface area contributed by atoms with Gasteiger partial charge >= 0.3 is 5.97 Å². The molecule has 0 radical (unpaired) electrons. The van der Waals surface area contributed by atoms with E-state index in [2.05, 4.69) is 29.1 Å². The van der Waals surface area contributed by atoms with Gasteiger partial charge in [0.25, 0.3) is 5.91 Å². The molecule has 3 aliphatic rings. The van der Waals surface area contributed by atoms with Crippen molar-refractivity contribution in [3.63, 3.8) is 0 Å². The minimum absolute atomic E-state index is 0.0266. The second-order valence-electron chi connectivity index (χ2n) is 10.8. The van der Waals surface area contributed by atoms with Gasteiger partial charge in [-0.25, -0.2) is 13.9 Å². The van der Waals surface area contributed by atoms with Gasteiger partial charge in [-0.05, 0) is 79.5 Å². The molecule has 7 nitrogen and oxygen atoms in total. The first-order valence-corrected chi connectivity index (χ1v) is 13.2. The lowest BCUT2D eigenvalue weighted by Crippen LogP contribution is -2.38. The zero-order valence-corrected chi connectivity index (χ0v) is 21.0. The first kappa shape index (κ1) is 23.1. The van der Waals surface area contributed by atoms with Crippen LogP contribution >= 0.6 is 0 Å². The summed E-state index contributed by atoms with van der Waals surface area (Å²) in [5.74, 6) is -1.39. The lowest BCUT2D eigenvalue weighted by atomic mass is 9.93. The van der Waals surface area contributed by atoms with Gasteiger partial charge in [0.05, 0.1) is 17.5 Å². The minimum atomic E-state index is -0.845. The molecule has 3 heterocycles. The van der Waals surface area contributed by atoms with Crippen molar-refractivity contribution in [3.05, 3.63) is 88.4 Å². The number of fused-ring (bicyclic) bond motifs is 2. The summed E-state index contributed by atoms with van der Waals surface area (Å²) in [5, 5.41) is 13.8. The Balaban J connectivity index is 1.23. The van der Waals surface area contributed by atoms with Crippen LogP contribution in [0.5, 0.6) is 0 Å². The number of nitrogens with zero attached hydrogens (tertiary/aromatic N) is 4. The summed E-state index contributed by atoms with van der Waals surface area (Å²) in [6.45, 7) is 2.72. The van der Waals surface area contributed by atoms with Gasteiger partial charge < -0.3 is 10.0 Å². The van der Waals surface area contributed by atoms with Crippen LogP contribution in [0.2, 0.25) is 0 Å². The fourth-order valence-corrected chi connectivity index (χ4v) is 5.91. The second-order valence-corrected chi connectivity index (χ2v) is 10.8. The smallest absolute Gasteiger partial charge is 0.307 e. The maximum Gasteiger partial charge on any atom is 0.307 e. The Morgan fingerprint density at radius 1 is 1.08 bits per heavy atom. The normalized spacial score (nSPS) is 22.4. The minimum Gasteiger partial charge on any atom is -0.481 e. The highest BCUT2D eigenvalue weighted by atomic mass is 19.1. The van der Waals surface area contributed by atoms with Crippen LogP contribution < -0.4 is 0 Å². The van der Waals surface area contributed by atoms with Gasteiger partial charge in [-0.3, -0.25) is 9.59 Å². The number of carbonyl (C=O) groups is 2.